The maximum atomic E-state index is 9.79. The van der Waals surface area contributed by atoms with Crippen LogP contribution in [0.15, 0.2) is 0 Å². The first-order valence-corrected chi connectivity index (χ1v) is 2.07. The van der Waals surface area contributed by atoms with E-state index in [1.165, 1.54) is 0 Å². The van der Waals surface area contributed by atoms with Gasteiger partial charge in [-0.25, -0.2) is 9.08 Å². The lowest BCUT2D eigenvalue weighted by Gasteiger charge is -2.10. The largest absolute Gasteiger partial charge is 0.477 e. The molecule has 5 heteroatoms. The Labute approximate surface area is 50.8 Å². The van der Waals surface area contributed by atoms with E-state index in [4.69, 9.17) is 10.2 Å². The van der Waals surface area contributed by atoms with Gasteiger partial charge in [0.25, 0.3) is 5.79 Å². The van der Waals surface area contributed by atoms with Gasteiger partial charge in [0.15, 0.2) is 0 Å². The molecule has 0 saturated heterocycles. The van der Waals surface area contributed by atoms with Crippen LogP contribution in [0.25, 0.3) is 0 Å². The van der Waals surface area contributed by atoms with Crippen LogP contribution in [0.2, 0.25) is 0 Å². The molecule has 48 valence electrons. The smallest absolute Gasteiger partial charge is 0.365 e. The summed E-state index contributed by atoms with van der Waals surface area (Å²) in [5.41, 5.74) is 0. The fourth-order valence-electron chi connectivity index (χ4n) is 0.0330. The standard InChI is InChI=1S/C3H5ClO4/c1-3(7,8-4)2(5)6/h7H,1H3,(H,5,6)/t3-/m0/s1. The maximum Gasteiger partial charge on any atom is 0.365 e. The molecule has 8 heavy (non-hydrogen) atoms. The first kappa shape index (κ1) is 7.68. The van der Waals surface area contributed by atoms with Crippen molar-refractivity contribution in [2.75, 3.05) is 0 Å². The van der Waals surface area contributed by atoms with Gasteiger partial charge in [0.2, 0.25) is 0 Å². The van der Waals surface area contributed by atoms with Crippen LogP contribution in [0.1, 0.15) is 6.92 Å². The van der Waals surface area contributed by atoms with Crippen molar-refractivity contribution in [1.29, 1.82) is 0 Å². The molecule has 4 nitrogen and oxygen atoms in total. The molecule has 1 atom stereocenters. The molecule has 0 aromatic heterocycles. The van der Waals surface area contributed by atoms with E-state index in [0.29, 0.717) is 0 Å². The second kappa shape index (κ2) is 2.30. The van der Waals surface area contributed by atoms with Crippen LogP contribution in [0.4, 0.5) is 0 Å². The molecule has 0 amide bonds. The van der Waals surface area contributed by atoms with Crippen LogP contribution < -0.4 is 0 Å². The van der Waals surface area contributed by atoms with Crippen LogP contribution in [-0.2, 0) is 9.08 Å². The normalized spacial score (nSPS) is 17.4. The number of rotatable bonds is 2. The molecule has 0 aliphatic heterocycles. The van der Waals surface area contributed by atoms with E-state index >= 15 is 0 Å². The second-order valence-electron chi connectivity index (χ2n) is 1.37. The van der Waals surface area contributed by atoms with Crippen molar-refractivity contribution in [2.45, 2.75) is 12.7 Å². The van der Waals surface area contributed by atoms with Gasteiger partial charge in [-0.05, 0) is 0 Å². The second-order valence-corrected chi connectivity index (χ2v) is 1.52. The molecule has 0 radical (unpaired) electrons. The van der Waals surface area contributed by atoms with Crippen molar-refractivity contribution in [2.24, 2.45) is 0 Å². The van der Waals surface area contributed by atoms with Gasteiger partial charge >= 0.3 is 5.97 Å². The molecule has 0 fully saturated rings. The number of aliphatic carboxylic acids is 1. The predicted octanol–water partition coefficient (Wildman–Crippen LogP) is -0.0501. The van der Waals surface area contributed by atoms with Crippen LogP contribution in [0.3, 0.4) is 0 Å². The molecule has 0 heterocycles. The number of halogens is 1. The Bertz CT molecular complexity index is 99.5. The lowest BCUT2D eigenvalue weighted by Crippen LogP contribution is -2.34. The van der Waals surface area contributed by atoms with E-state index in [1.807, 2.05) is 0 Å². The first-order valence-electron chi connectivity index (χ1n) is 1.76. The quantitative estimate of drug-likeness (QED) is 0.528. The SMILES string of the molecule is C[C@](O)(OCl)C(=O)O. The molecule has 0 rings (SSSR count). The number of carbonyl (C=O) groups is 1. The Kier molecular flexibility index (Phi) is 2.21. The Morgan fingerprint density at radius 3 is 2.25 bits per heavy atom. The summed E-state index contributed by atoms with van der Waals surface area (Å²) in [6, 6.07) is 0. The summed E-state index contributed by atoms with van der Waals surface area (Å²) < 4.78 is 3.63. The molecular weight excluding hydrogens is 135 g/mol. The van der Waals surface area contributed by atoms with E-state index in [2.05, 4.69) is 16.2 Å². The number of carboxylic acids is 1. The highest BCUT2D eigenvalue weighted by atomic mass is 35.5. The van der Waals surface area contributed by atoms with Crippen molar-refractivity contribution in [3.05, 3.63) is 0 Å². The summed E-state index contributed by atoms with van der Waals surface area (Å²) in [6.45, 7) is 0.919. The Balaban J connectivity index is 3.91. The van der Waals surface area contributed by atoms with Gasteiger partial charge in [-0.15, -0.1) is 0 Å². The van der Waals surface area contributed by atoms with E-state index in [1.54, 1.807) is 0 Å². The number of hydrogen-bond acceptors (Lipinski definition) is 3. The Morgan fingerprint density at radius 2 is 2.25 bits per heavy atom. The zero-order valence-electron chi connectivity index (χ0n) is 4.09. The summed E-state index contributed by atoms with van der Waals surface area (Å²) >= 11 is 4.56. The molecule has 0 spiro atoms. The van der Waals surface area contributed by atoms with Gasteiger partial charge in [0, 0.05) is 6.92 Å². The molecule has 0 aliphatic carbocycles. The van der Waals surface area contributed by atoms with Gasteiger partial charge in [-0.2, -0.15) is 0 Å². The highest BCUT2D eigenvalue weighted by Gasteiger charge is 2.30. The molecule has 0 aromatic rings. The van der Waals surface area contributed by atoms with Crippen molar-refractivity contribution >= 4 is 17.8 Å². The van der Waals surface area contributed by atoms with Crippen LogP contribution in [0, 0.1) is 0 Å². The molecule has 2 N–H and O–H groups in total. The zero-order valence-corrected chi connectivity index (χ0v) is 4.84. The minimum Gasteiger partial charge on any atom is -0.477 e. The maximum absolute atomic E-state index is 9.79. The summed E-state index contributed by atoms with van der Waals surface area (Å²) in [5.74, 6) is -3.80. The lowest BCUT2D eigenvalue weighted by atomic mass is 10.3. The fourth-order valence-corrected chi connectivity index (χ4v) is 0.0990. The van der Waals surface area contributed by atoms with Gasteiger partial charge in [0.05, 0.1) is 11.9 Å². The van der Waals surface area contributed by atoms with E-state index < -0.39 is 11.8 Å². The topological polar surface area (TPSA) is 66.8 Å². The third-order valence-corrected chi connectivity index (χ3v) is 0.848. The number of carboxylic acid groups (broad SMARTS) is 1. The molecule has 0 aromatic carbocycles. The summed E-state index contributed by atoms with van der Waals surface area (Å²) in [7, 11) is 0. The van der Waals surface area contributed by atoms with Gasteiger partial charge in [0.1, 0.15) is 0 Å². The molecule has 0 saturated carbocycles. The molecular formula is C3H5ClO4. The van der Waals surface area contributed by atoms with Crippen molar-refractivity contribution in [3.8, 4) is 0 Å². The molecule has 0 unspecified atom stereocenters. The van der Waals surface area contributed by atoms with Crippen molar-refractivity contribution < 1.29 is 19.3 Å². The van der Waals surface area contributed by atoms with Gasteiger partial charge in [-0.3, -0.25) is 0 Å². The predicted molar refractivity (Wildman–Crippen MR) is 25.2 cm³/mol. The monoisotopic (exact) mass is 140 g/mol. The number of aliphatic hydroxyl groups is 1. The zero-order chi connectivity index (χ0) is 6.78. The minimum atomic E-state index is -2.28. The summed E-state index contributed by atoms with van der Waals surface area (Å²) in [6.07, 6.45) is 0. The average Bonchev–Trinajstić information content (AvgIpc) is 1.67. The first-order chi connectivity index (χ1) is 3.50. The molecule has 0 aliphatic rings. The van der Waals surface area contributed by atoms with Gasteiger partial charge < -0.3 is 10.2 Å². The summed E-state index contributed by atoms with van der Waals surface area (Å²) in [5, 5.41) is 16.4. The highest BCUT2D eigenvalue weighted by molar-refractivity contribution is 6.08. The van der Waals surface area contributed by atoms with E-state index in [0.717, 1.165) is 6.92 Å². The third-order valence-electron chi connectivity index (χ3n) is 0.547. The Morgan fingerprint density at radius 1 is 1.88 bits per heavy atom. The third kappa shape index (κ3) is 1.65. The van der Waals surface area contributed by atoms with Crippen molar-refractivity contribution in [3.63, 3.8) is 0 Å². The summed E-state index contributed by atoms with van der Waals surface area (Å²) in [4.78, 5) is 9.79. The van der Waals surface area contributed by atoms with Crippen LogP contribution in [0.5, 0.6) is 0 Å². The van der Waals surface area contributed by atoms with Gasteiger partial charge in [-0.1, -0.05) is 0 Å². The van der Waals surface area contributed by atoms with Crippen LogP contribution in [-0.4, -0.2) is 22.0 Å². The van der Waals surface area contributed by atoms with Crippen LogP contribution >= 0.6 is 11.9 Å². The number of hydrogen-bond donors (Lipinski definition) is 2. The average molecular weight is 141 g/mol. The minimum absolute atomic E-state index is 0.919. The van der Waals surface area contributed by atoms with E-state index in [-0.39, 0.29) is 0 Å². The molecule has 0 bridgehead atoms. The van der Waals surface area contributed by atoms with Crippen molar-refractivity contribution in [1.82, 2.24) is 0 Å². The lowest BCUT2D eigenvalue weighted by molar-refractivity contribution is -0.187. The highest BCUT2D eigenvalue weighted by Crippen LogP contribution is 2.06. The fraction of sp³-hybridized carbons (Fsp3) is 0.667. The Hall–Kier alpha value is -0.320. The van der Waals surface area contributed by atoms with E-state index in [9.17, 15) is 4.79 Å².